The molecule has 134 valence electrons. The van der Waals surface area contributed by atoms with Gasteiger partial charge in [-0.1, -0.05) is 25.5 Å². The van der Waals surface area contributed by atoms with E-state index in [4.69, 9.17) is 0 Å². The molecule has 3 saturated carbocycles. The first kappa shape index (κ1) is 16.8. The molecule has 0 aliphatic heterocycles. The largest absolute Gasteiger partial charge is 0.393 e. The van der Waals surface area contributed by atoms with Gasteiger partial charge in [0.25, 0.3) is 0 Å². The summed E-state index contributed by atoms with van der Waals surface area (Å²) in [6, 6.07) is 0. The molecule has 3 fully saturated rings. The number of ketones is 1. The molecule has 4 aliphatic rings. The van der Waals surface area contributed by atoms with Crippen molar-refractivity contribution in [3.05, 3.63) is 11.6 Å². The lowest BCUT2D eigenvalue weighted by Gasteiger charge is -2.58. The standard InChI is InChI=1S/C21H32O3/c1-13(22)21(24)11-8-18-16-5-4-14-12-15(23)6-9-19(14,2)17(16)7-10-20(18,21)3/h4,15-18,23-24H,5-12H2,1-3H3/t15-,16?,17?,18?,19?,20?,21?/m0/s1. The molecule has 0 aromatic rings. The van der Waals surface area contributed by atoms with Crippen molar-refractivity contribution in [3.8, 4) is 0 Å². The molecule has 6 unspecified atom stereocenters. The second-order valence-corrected chi connectivity index (χ2v) is 9.57. The van der Waals surface area contributed by atoms with Crippen LogP contribution in [0.3, 0.4) is 0 Å². The molecule has 2 N–H and O–H groups in total. The van der Waals surface area contributed by atoms with Crippen molar-refractivity contribution < 1.29 is 15.0 Å². The first-order chi connectivity index (χ1) is 11.2. The van der Waals surface area contributed by atoms with E-state index in [0.29, 0.717) is 24.2 Å². The first-order valence-corrected chi connectivity index (χ1v) is 9.83. The molecular formula is C21H32O3. The Labute approximate surface area is 145 Å². The van der Waals surface area contributed by atoms with E-state index < -0.39 is 5.60 Å². The van der Waals surface area contributed by atoms with Crippen molar-refractivity contribution in [3.63, 3.8) is 0 Å². The SMILES string of the molecule is CC(=O)C1(O)CCC2C3CC=C4C[C@@H](O)CCC4(C)C3CCC21C. The van der Waals surface area contributed by atoms with Crippen LogP contribution in [0.5, 0.6) is 0 Å². The molecule has 0 radical (unpaired) electrons. The van der Waals surface area contributed by atoms with Crippen molar-refractivity contribution in [2.24, 2.45) is 28.6 Å². The van der Waals surface area contributed by atoms with Gasteiger partial charge in [-0.15, -0.1) is 0 Å². The van der Waals surface area contributed by atoms with Crippen LogP contribution in [-0.4, -0.2) is 27.7 Å². The molecule has 0 heterocycles. The van der Waals surface area contributed by atoms with Gasteiger partial charge in [-0.05, 0) is 81.5 Å². The normalized spacial score (nSPS) is 53.6. The van der Waals surface area contributed by atoms with E-state index in [-0.39, 0.29) is 22.7 Å². The second kappa shape index (κ2) is 5.17. The number of carbonyl (C=O) groups is 1. The van der Waals surface area contributed by atoms with Gasteiger partial charge in [0.1, 0.15) is 5.60 Å². The Morgan fingerprint density at radius 1 is 1.12 bits per heavy atom. The van der Waals surface area contributed by atoms with Crippen LogP contribution in [0.1, 0.15) is 72.1 Å². The van der Waals surface area contributed by atoms with Gasteiger partial charge in [0.2, 0.25) is 0 Å². The summed E-state index contributed by atoms with van der Waals surface area (Å²) in [5.74, 6) is 1.65. The Bertz CT molecular complexity index is 596. The topological polar surface area (TPSA) is 57.5 Å². The van der Waals surface area contributed by atoms with Crippen LogP contribution < -0.4 is 0 Å². The quantitative estimate of drug-likeness (QED) is 0.721. The van der Waals surface area contributed by atoms with E-state index in [1.807, 2.05) is 0 Å². The molecular weight excluding hydrogens is 300 g/mol. The van der Waals surface area contributed by atoms with Crippen molar-refractivity contribution in [2.75, 3.05) is 0 Å². The minimum absolute atomic E-state index is 0.0370. The molecule has 0 saturated heterocycles. The fourth-order valence-electron chi connectivity index (χ4n) is 7.24. The monoisotopic (exact) mass is 332 g/mol. The lowest BCUT2D eigenvalue weighted by molar-refractivity contribution is -0.159. The van der Waals surface area contributed by atoms with Crippen molar-refractivity contribution >= 4 is 5.78 Å². The minimum atomic E-state index is -1.11. The molecule has 3 heteroatoms. The van der Waals surface area contributed by atoms with Gasteiger partial charge < -0.3 is 10.2 Å². The third-order valence-electron chi connectivity index (χ3n) is 8.81. The van der Waals surface area contributed by atoms with Crippen LogP contribution in [0.25, 0.3) is 0 Å². The number of fused-ring (bicyclic) bond motifs is 5. The molecule has 0 bridgehead atoms. The van der Waals surface area contributed by atoms with E-state index in [0.717, 1.165) is 44.9 Å². The smallest absolute Gasteiger partial charge is 0.161 e. The highest BCUT2D eigenvalue weighted by molar-refractivity contribution is 5.86. The molecule has 4 rings (SSSR count). The fraction of sp³-hybridized carbons (Fsp3) is 0.857. The maximum absolute atomic E-state index is 12.2. The highest BCUT2D eigenvalue weighted by atomic mass is 16.3. The minimum Gasteiger partial charge on any atom is -0.393 e. The number of aliphatic hydroxyl groups is 2. The number of allylic oxidation sites excluding steroid dienone is 1. The first-order valence-electron chi connectivity index (χ1n) is 9.83. The number of hydrogen-bond acceptors (Lipinski definition) is 3. The third kappa shape index (κ3) is 1.94. The van der Waals surface area contributed by atoms with Gasteiger partial charge in [-0.2, -0.15) is 0 Å². The average molecular weight is 332 g/mol. The number of aliphatic hydroxyl groups excluding tert-OH is 1. The zero-order valence-corrected chi connectivity index (χ0v) is 15.3. The zero-order valence-electron chi connectivity index (χ0n) is 15.3. The number of Topliss-reactive ketones (excluding diaryl/α,β-unsaturated/α-hetero) is 1. The molecule has 0 aromatic carbocycles. The number of hydrogen-bond donors (Lipinski definition) is 2. The Hall–Kier alpha value is -0.670. The third-order valence-corrected chi connectivity index (χ3v) is 8.81. The second-order valence-electron chi connectivity index (χ2n) is 9.57. The van der Waals surface area contributed by atoms with Crippen LogP contribution in [0, 0.1) is 28.6 Å². The summed E-state index contributed by atoms with van der Waals surface area (Å²) >= 11 is 0. The summed E-state index contributed by atoms with van der Waals surface area (Å²) in [5, 5.41) is 21.2. The molecule has 0 spiro atoms. The van der Waals surface area contributed by atoms with E-state index >= 15 is 0 Å². The summed E-state index contributed by atoms with van der Waals surface area (Å²) in [4.78, 5) is 12.2. The van der Waals surface area contributed by atoms with Crippen LogP contribution in [-0.2, 0) is 4.79 Å². The predicted octanol–water partition coefficient (Wildman–Crippen LogP) is 3.63. The van der Waals surface area contributed by atoms with E-state index in [9.17, 15) is 15.0 Å². The molecule has 24 heavy (non-hydrogen) atoms. The van der Waals surface area contributed by atoms with E-state index in [1.54, 1.807) is 6.92 Å². The molecule has 0 aromatic heterocycles. The number of carbonyl (C=O) groups excluding carboxylic acids is 1. The van der Waals surface area contributed by atoms with E-state index in [1.165, 1.54) is 5.57 Å². The summed E-state index contributed by atoms with van der Waals surface area (Å²) in [6.45, 7) is 6.16. The lowest BCUT2D eigenvalue weighted by Crippen LogP contribution is -2.56. The average Bonchev–Trinajstić information content (AvgIpc) is 2.81. The maximum atomic E-state index is 12.2. The fourth-order valence-corrected chi connectivity index (χ4v) is 7.24. The highest BCUT2D eigenvalue weighted by Gasteiger charge is 2.65. The summed E-state index contributed by atoms with van der Waals surface area (Å²) in [6.07, 6.45) is 9.84. The summed E-state index contributed by atoms with van der Waals surface area (Å²) in [5.41, 5.74) is 0.331. The highest BCUT2D eigenvalue weighted by Crippen LogP contribution is 2.67. The Morgan fingerprint density at radius 2 is 1.83 bits per heavy atom. The Morgan fingerprint density at radius 3 is 2.54 bits per heavy atom. The lowest BCUT2D eigenvalue weighted by atomic mass is 9.47. The van der Waals surface area contributed by atoms with Gasteiger partial charge in [-0.25, -0.2) is 0 Å². The number of rotatable bonds is 1. The van der Waals surface area contributed by atoms with Gasteiger partial charge in [-0.3, -0.25) is 4.79 Å². The van der Waals surface area contributed by atoms with Crippen molar-refractivity contribution in [1.29, 1.82) is 0 Å². The van der Waals surface area contributed by atoms with Crippen LogP contribution >= 0.6 is 0 Å². The van der Waals surface area contributed by atoms with E-state index in [2.05, 4.69) is 19.9 Å². The molecule has 3 nitrogen and oxygen atoms in total. The van der Waals surface area contributed by atoms with Gasteiger partial charge in [0.05, 0.1) is 6.10 Å². The molecule has 4 aliphatic carbocycles. The van der Waals surface area contributed by atoms with Gasteiger partial charge in [0.15, 0.2) is 5.78 Å². The summed E-state index contributed by atoms with van der Waals surface area (Å²) < 4.78 is 0. The van der Waals surface area contributed by atoms with Crippen LogP contribution in [0.15, 0.2) is 11.6 Å². The maximum Gasteiger partial charge on any atom is 0.161 e. The van der Waals surface area contributed by atoms with Crippen LogP contribution in [0.2, 0.25) is 0 Å². The van der Waals surface area contributed by atoms with Crippen molar-refractivity contribution in [1.82, 2.24) is 0 Å². The zero-order chi connectivity index (χ0) is 17.3. The summed E-state index contributed by atoms with van der Waals surface area (Å²) in [7, 11) is 0. The van der Waals surface area contributed by atoms with Gasteiger partial charge in [0, 0.05) is 5.41 Å². The Balaban J connectivity index is 1.69. The van der Waals surface area contributed by atoms with Crippen molar-refractivity contribution in [2.45, 2.75) is 83.8 Å². The molecule has 7 atom stereocenters. The van der Waals surface area contributed by atoms with Crippen LogP contribution in [0.4, 0.5) is 0 Å². The predicted molar refractivity (Wildman–Crippen MR) is 93.3 cm³/mol. The van der Waals surface area contributed by atoms with Gasteiger partial charge >= 0.3 is 0 Å². The molecule has 0 amide bonds. The Kier molecular flexibility index (Phi) is 3.61.